The van der Waals surface area contributed by atoms with E-state index in [1.807, 2.05) is 0 Å². The molecule has 5 heteroatoms. The quantitative estimate of drug-likeness (QED) is 0.717. The smallest absolute Gasteiger partial charge is 0.128 e. The second-order valence-electron chi connectivity index (χ2n) is 5.11. The molecule has 1 fully saturated rings. The van der Waals surface area contributed by atoms with Crippen LogP contribution in [0.1, 0.15) is 24.2 Å². The first kappa shape index (κ1) is 11.6. The minimum Gasteiger partial charge on any atom is -0.340 e. The third-order valence-electron chi connectivity index (χ3n) is 3.73. The molecular formula is C13H17FN4. The molecule has 0 radical (unpaired) electrons. The number of aryl methyl sites for hydroxylation is 1. The highest BCUT2D eigenvalue weighted by molar-refractivity contribution is 5.76. The van der Waals surface area contributed by atoms with E-state index < -0.39 is 5.54 Å². The van der Waals surface area contributed by atoms with Gasteiger partial charge in [-0.3, -0.25) is 0 Å². The second kappa shape index (κ2) is 4.03. The van der Waals surface area contributed by atoms with Crippen molar-refractivity contribution in [2.75, 3.05) is 13.1 Å². The average Bonchev–Trinajstić information content (AvgIpc) is 2.74. The van der Waals surface area contributed by atoms with Crippen LogP contribution in [0.15, 0.2) is 12.1 Å². The van der Waals surface area contributed by atoms with E-state index in [1.165, 1.54) is 6.07 Å². The van der Waals surface area contributed by atoms with Crippen LogP contribution >= 0.6 is 0 Å². The first-order valence-corrected chi connectivity index (χ1v) is 6.24. The fraction of sp³-hybridized carbons (Fsp3) is 0.462. The molecule has 18 heavy (non-hydrogen) atoms. The lowest BCUT2D eigenvalue weighted by Gasteiger charge is -2.31. The van der Waals surface area contributed by atoms with Crippen LogP contribution < -0.4 is 11.1 Å². The Morgan fingerprint density at radius 1 is 1.33 bits per heavy atom. The number of H-pyrrole nitrogens is 1. The lowest BCUT2D eigenvalue weighted by molar-refractivity contribution is 0.304. The number of aromatic nitrogens is 2. The highest BCUT2D eigenvalue weighted by Crippen LogP contribution is 2.28. The normalized spacial score (nSPS) is 19.3. The molecule has 1 aromatic heterocycles. The number of nitrogens with two attached hydrogens (primary N) is 1. The molecule has 0 bridgehead atoms. The summed E-state index contributed by atoms with van der Waals surface area (Å²) in [5.41, 5.74) is 8.09. The van der Waals surface area contributed by atoms with Gasteiger partial charge in [-0.15, -0.1) is 0 Å². The number of fused-ring (bicyclic) bond motifs is 1. The topological polar surface area (TPSA) is 66.7 Å². The van der Waals surface area contributed by atoms with Crippen molar-refractivity contribution in [2.24, 2.45) is 5.73 Å². The minimum atomic E-state index is -0.422. The predicted octanol–water partition coefficient (Wildman–Crippen LogP) is 1.55. The maximum absolute atomic E-state index is 13.5. The molecule has 0 saturated carbocycles. The van der Waals surface area contributed by atoms with Crippen LogP contribution in [0.2, 0.25) is 0 Å². The van der Waals surface area contributed by atoms with E-state index in [-0.39, 0.29) is 5.82 Å². The maximum Gasteiger partial charge on any atom is 0.128 e. The zero-order chi connectivity index (χ0) is 12.8. The van der Waals surface area contributed by atoms with Crippen LogP contribution in [0.4, 0.5) is 4.39 Å². The van der Waals surface area contributed by atoms with Gasteiger partial charge in [0.05, 0.1) is 16.6 Å². The average molecular weight is 248 g/mol. The molecule has 3 rings (SSSR count). The van der Waals surface area contributed by atoms with E-state index in [2.05, 4.69) is 15.3 Å². The highest BCUT2D eigenvalue weighted by atomic mass is 19.1. The van der Waals surface area contributed by atoms with E-state index in [9.17, 15) is 4.39 Å². The lowest BCUT2D eigenvalue weighted by atomic mass is 9.89. The third kappa shape index (κ3) is 1.79. The zero-order valence-corrected chi connectivity index (χ0v) is 10.4. The Balaban J connectivity index is 2.07. The summed E-state index contributed by atoms with van der Waals surface area (Å²) in [5.74, 6) is 0.543. The summed E-state index contributed by atoms with van der Waals surface area (Å²) in [6.45, 7) is 3.53. The number of nitrogens with zero attached hydrogens (tertiary/aromatic N) is 1. The summed E-state index contributed by atoms with van der Waals surface area (Å²) >= 11 is 0. The van der Waals surface area contributed by atoms with Gasteiger partial charge in [0, 0.05) is 6.07 Å². The van der Waals surface area contributed by atoms with Gasteiger partial charge in [-0.05, 0) is 44.5 Å². The van der Waals surface area contributed by atoms with Crippen molar-refractivity contribution in [3.63, 3.8) is 0 Å². The molecule has 4 N–H and O–H groups in total. The highest BCUT2D eigenvalue weighted by Gasteiger charge is 2.32. The molecule has 2 heterocycles. The van der Waals surface area contributed by atoms with Crippen molar-refractivity contribution in [2.45, 2.75) is 25.3 Å². The summed E-state index contributed by atoms with van der Waals surface area (Å²) < 4.78 is 13.5. The van der Waals surface area contributed by atoms with Crippen molar-refractivity contribution >= 4 is 11.0 Å². The fourth-order valence-corrected chi connectivity index (χ4v) is 2.49. The molecule has 1 saturated heterocycles. The number of hydrogen-bond donors (Lipinski definition) is 3. The summed E-state index contributed by atoms with van der Waals surface area (Å²) in [5, 5.41) is 3.28. The Morgan fingerprint density at radius 3 is 2.78 bits per heavy atom. The summed E-state index contributed by atoms with van der Waals surface area (Å²) in [6.07, 6.45) is 1.68. The Bertz CT molecular complexity index is 545. The number of aromatic amines is 1. The summed E-state index contributed by atoms with van der Waals surface area (Å²) in [7, 11) is 0. The molecule has 1 aliphatic heterocycles. The number of rotatable bonds is 1. The molecule has 1 aliphatic rings. The van der Waals surface area contributed by atoms with Gasteiger partial charge in [-0.1, -0.05) is 0 Å². The van der Waals surface area contributed by atoms with Gasteiger partial charge in [-0.2, -0.15) is 0 Å². The molecule has 0 amide bonds. The minimum absolute atomic E-state index is 0.225. The van der Waals surface area contributed by atoms with Crippen LogP contribution in [0, 0.1) is 12.7 Å². The Hall–Kier alpha value is -1.46. The van der Waals surface area contributed by atoms with Gasteiger partial charge < -0.3 is 16.0 Å². The molecule has 1 aromatic carbocycles. The number of halogens is 1. The van der Waals surface area contributed by atoms with Crippen LogP contribution in [-0.2, 0) is 5.54 Å². The van der Waals surface area contributed by atoms with Crippen molar-refractivity contribution in [1.29, 1.82) is 0 Å². The Labute approximate surface area is 105 Å². The monoisotopic (exact) mass is 248 g/mol. The van der Waals surface area contributed by atoms with Crippen molar-refractivity contribution in [3.8, 4) is 0 Å². The predicted molar refractivity (Wildman–Crippen MR) is 68.8 cm³/mol. The van der Waals surface area contributed by atoms with E-state index in [4.69, 9.17) is 5.73 Å². The van der Waals surface area contributed by atoms with Gasteiger partial charge in [-0.25, -0.2) is 9.37 Å². The van der Waals surface area contributed by atoms with Gasteiger partial charge in [0.2, 0.25) is 0 Å². The van der Waals surface area contributed by atoms with E-state index in [1.54, 1.807) is 13.0 Å². The largest absolute Gasteiger partial charge is 0.340 e. The molecule has 0 aliphatic carbocycles. The summed E-state index contributed by atoms with van der Waals surface area (Å²) in [6, 6.07) is 3.25. The van der Waals surface area contributed by atoms with Crippen LogP contribution in [-0.4, -0.2) is 23.1 Å². The molecule has 4 nitrogen and oxygen atoms in total. The van der Waals surface area contributed by atoms with Gasteiger partial charge in [0.15, 0.2) is 0 Å². The van der Waals surface area contributed by atoms with Gasteiger partial charge in [0.1, 0.15) is 11.6 Å². The van der Waals surface area contributed by atoms with E-state index in [0.717, 1.165) is 37.3 Å². The molecule has 0 atom stereocenters. The van der Waals surface area contributed by atoms with E-state index >= 15 is 0 Å². The standard InChI is InChI=1S/C13H17FN4/c1-8-6-10-11(7-9(8)14)18-12(17-10)13(15)2-4-16-5-3-13/h6-7,16H,2-5,15H2,1H3,(H,17,18). The van der Waals surface area contributed by atoms with Crippen molar-refractivity contribution < 1.29 is 4.39 Å². The first-order chi connectivity index (χ1) is 8.58. The SMILES string of the molecule is Cc1cc2[nH]c(C3(N)CCNCC3)nc2cc1F. The zero-order valence-electron chi connectivity index (χ0n) is 10.4. The van der Waals surface area contributed by atoms with Crippen molar-refractivity contribution in [3.05, 3.63) is 29.3 Å². The van der Waals surface area contributed by atoms with E-state index in [0.29, 0.717) is 11.1 Å². The number of hydrogen-bond acceptors (Lipinski definition) is 3. The molecule has 0 unspecified atom stereocenters. The van der Waals surface area contributed by atoms with Gasteiger partial charge >= 0.3 is 0 Å². The molecule has 0 spiro atoms. The lowest BCUT2D eigenvalue weighted by Crippen LogP contribution is -2.47. The van der Waals surface area contributed by atoms with Crippen molar-refractivity contribution in [1.82, 2.24) is 15.3 Å². The van der Waals surface area contributed by atoms with Crippen LogP contribution in [0.3, 0.4) is 0 Å². The molecule has 96 valence electrons. The summed E-state index contributed by atoms with van der Waals surface area (Å²) in [4.78, 5) is 7.71. The first-order valence-electron chi connectivity index (χ1n) is 6.24. The number of nitrogens with one attached hydrogen (secondary N) is 2. The molecular weight excluding hydrogens is 231 g/mol. The number of benzene rings is 1. The molecule has 2 aromatic rings. The van der Waals surface area contributed by atoms with Gasteiger partial charge in [0.25, 0.3) is 0 Å². The second-order valence-corrected chi connectivity index (χ2v) is 5.11. The fourth-order valence-electron chi connectivity index (χ4n) is 2.49. The Morgan fingerprint density at radius 2 is 2.06 bits per heavy atom. The van der Waals surface area contributed by atoms with Crippen LogP contribution in [0.25, 0.3) is 11.0 Å². The third-order valence-corrected chi connectivity index (χ3v) is 3.73. The number of imidazole rings is 1. The Kier molecular flexibility index (Phi) is 2.60. The maximum atomic E-state index is 13.5. The van der Waals surface area contributed by atoms with Crippen LogP contribution in [0.5, 0.6) is 0 Å². The number of piperidine rings is 1.